The zero-order chi connectivity index (χ0) is 33.1. The molecule has 48 heavy (non-hydrogen) atoms. The number of benzene rings is 3. The van der Waals surface area contributed by atoms with Crippen LogP contribution < -0.4 is 0 Å². The average molecular weight is 715 g/mol. The van der Waals surface area contributed by atoms with Crippen molar-refractivity contribution in [3.8, 4) is 41.8 Å². The second kappa shape index (κ2) is 14.6. The van der Waals surface area contributed by atoms with E-state index in [2.05, 4.69) is 50.2 Å². The van der Waals surface area contributed by atoms with Gasteiger partial charge in [0.25, 0.3) is 5.92 Å². The third-order valence-corrected chi connectivity index (χ3v) is 12.2. The topological polar surface area (TPSA) is 50.5 Å². The van der Waals surface area contributed by atoms with E-state index in [0.717, 1.165) is 73.0 Å². The first-order valence-corrected chi connectivity index (χ1v) is 19.7. The van der Waals surface area contributed by atoms with E-state index in [9.17, 15) is 0 Å². The molecule has 1 aliphatic rings. The molecule has 10 heteroatoms. The SMILES string of the molecule is CCCCCCCCCCC(F)(F)c1cccc(-c2ccc(-c3c4c(c(-c5ccc(-c6cccc(C)c6)s5)c5nsnc35)N=S=N4)s2)c1. The lowest BCUT2D eigenvalue weighted by molar-refractivity contribution is -0.0158. The summed E-state index contributed by atoms with van der Waals surface area (Å²) in [6.45, 7) is 4.31. The predicted octanol–water partition coefficient (Wildman–Crippen LogP) is 14.1. The molecular weight excluding hydrogens is 679 g/mol. The largest absolute Gasteiger partial charge is 0.273 e. The molecule has 3 aromatic heterocycles. The van der Waals surface area contributed by atoms with Gasteiger partial charge < -0.3 is 0 Å². The molecule has 0 bridgehead atoms. The van der Waals surface area contributed by atoms with Crippen molar-refractivity contribution in [1.29, 1.82) is 0 Å². The summed E-state index contributed by atoms with van der Waals surface area (Å²) in [6, 6.07) is 23.7. The van der Waals surface area contributed by atoms with Crippen molar-refractivity contribution in [2.75, 3.05) is 0 Å². The number of aryl methyl sites for hydroxylation is 1. The van der Waals surface area contributed by atoms with E-state index in [1.807, 2.05) is 18.2 Å². The number of unbranched alkanes of at least 4 members (excludes halogenated alkanes) is 7. The molecule has 3 aromatic carbocycles. The Morgan fingerprint density at radius 1 is 0.625 bits per heavy atom. The maximum Gasteiger partial charge on any atom is 0.273 e. The highest BCUT2D eigenvalue weighted by atomic mass is 32.1. The van der Waals surface area contributed by atoms with E-state index >= 15 is 8.78 Å². The molecule has 7 rings (SSSR count). The number of alkyl halides is 2. The molecule has 246 valence electrons. The van der Waals surface area contributed by atoms with Crippen molar-refractivity contribution in [2.24, 2.45) is 8.73 Å². The van der Waals surface area contributed by atoms with Crippen molar-refractivity contribution >= 4 is 68.2 Å². The minimum atomic E-state index is -2.86. The predicted molar refractivity (Wildman–Crippen MR) is 202 cm³/mol. The molecule has 0 N–H and O–H groups in total. The molecule has 4 nitrogen and oxygen atoms in total. The van der Waals surface area contributed by atoms with Crippen LogP contribution >= 0.6 is 34.4 Å². The van der Waals surface area contributed by atoms with Crippen molar-refractivity contribution in [3.63, 3.8) is 0 Å². The molecule has 0 saturated carbocycles. The Bertz CT molecular complexity index is 2140. The summed E-state index contributed by atoms with van der Waals surface area (Å²) in [5.74, 6) is -2.86. The number of rotatable bonds is 14. The van der Waals surface area contributed by atoms with Gasteiger partial charge in [0, 0.05) is 42.6 Å². The normalized spacial score (nSPS) is 12.6. The van der Waals surface area contributed by atoms with Gasteiger partial charge in [-0.2, -0.15) is 17.5 Å². The lowest BCUT2D eigenvalue weighted by Crippen LogP contribution is -2.13. The highest BCUT2D eigenvalue weighted by Gasteiger charge is 2.31. The molecular formula is C38H36F2N4S4. The second-order valence-corrected chi connectivity index (χ2v) is 15.6. The summed E-state index contributed by atoms with van der Waals surface area (Å²) < 4.78 is 49.7. The summed E-state index contributed by atoms with van der Waals surface area (Å²) >= 11 is 5.65. The molecule has 1 aliphatic heterocycles. The van der Waals surface area contributed by atoms with Gasteiger partial charge in [-0.1, -0.05) is 99.9 Å². The minimum absolute atomic E-state index is 0.0837. The quantitative estimate of drug-likeness (QED) is 0.105. The minimum Gasteiger partial charge on any atom is -0.201 e. The summed E-state index contributed by atoms with van der Waals surface area (Å²) in [4.78, 5) is 4.14. The Morgan fingerprint density at radius 3 is 1.77 bits per heavy atom. The molecule has 6 aromatic rings. The van der Waals surface area contributed by atoms with Crippen LogP contribution in [0.1, 0.15) is 75.8 Å². The number of thiophene rings is 2. The maximum atomic E-state index is 15.3. The number of halogens is 2. The summed E-state index contributed by atoms with van der Waals surface area (Å²) in [6.07, 6.45) is 8.38. The first-order chi connectivity index (χ1) is 23.4. The Morgan fingerprint density at radius 2 is 1.17 bits per heavy atom. The van der Waals surface area contributed by atoms with E-state index in [1.165, 1.54) is 64.8 Å². The van der Waals surface area contributed by atoms with Crippen molar-refractivity contribution < 1.29 is 8.78 Å². The molecule has 0 unspecified atom stereocenters. The van der Waals surface area contributed by atoms with Crippen LogP contribution in [0.3, 0.4) is 0 Å². The smallest absolute Gasteiger partial charge is 0.201 e. The van der Waals surface area contributed by atoms with Gasteiger partial charge in [-0.05, 0) is 54.8 Å². The van der Waals surface area contributed by atoms with E-state index in [-0.39, 0.29) is 12.0 Å². The summed E-state index contributed by atoms with van der Waals surface area (Å²) in [7, 11) is 0. The van der Waals surface area contributed by atoms with Crippen LogP contribution in [0.5, 0.6) is 0 Å². The van der Waals surface area contributed by atoms with Crippen LogP contribution in [0.4, 0.5) is 20.2 Å². The summed E-state index contributed by atoms with van der Waals surface area (Å²) in [5.41, 5.74) is 8.34. The Balaban J connectivity index is 1.14. The van der Waals surface area contributed by atoms with Gasteiger partial charge in [-0.15, -0.1) is 22.7 Å². The lowest BCUT2D eigenvalue weighted by atomic mass is 9.98. The number of aromatic nitrogens is 2. The molecule has 0 spiro atoms. The van der Waals surface area contributed by atoms with Crippen molar-refractivity contribution in [3.05, 3.63) is 83.9 Å². The molecule has 0 saturated heterocycles. The van der Waals surface area contributed by atoms with Crippen LogP contribution in [0.2, 0.25) is 0 Å². The third-order valence-electron chi connectivity index (χ3n) is 8.85. The molecule has 0 fully saturated rings. The Labute approximate surface area is 296 Å². The van der Waals surface area contributed by atoms with Crippen molar-refractivity contribution in [1.82, 2.24) is 8.75 Å². The summed E-state index contributed by atoms with van der Waals surface area (Å²) in [5, 5.41) is 0. The second-order valence-electron chi connectivity index (χ2n) is 12.4. The van der Waals surface area contributed by atoms with Crippen LogP contribution in [0.15, 0.2) is 81.5 Å². The van der Waals surface area contributed by atoms with Crippen LogP contribution in [-0.2, 0) is 17.3 Å². The van der Waals surface area contributed by atoms with Crippen LogP contribution in [0.25, 0.3) is 52.8 Å². The standard InChI is InChI=1S/C38H36F2N4S4/c1-3-4-5-6-7-8-9-10-21-38(39,40)27-16-12-15-26(23-27)29-18-20-31(46-29)33-36-34(41-47-43-36)32(35-37(33)44-48-42-35)30-19-17-28(45-30)25-14-11-13-24(2)22-25/h11-20,22-23H,3-10,21H2,1-2H3. The molecule has 4 heterocycles. The maximum absolute atomic E-state index is 15.3. The van der Waals surface area contributed by atoms with Crippen LogP contribution in [-0.4, -0.2) is 8.75 Å². The fourth-order valence-electron chi connectivity index (χ4n) is 6.30. The number of hydrogen-bond donors (Lipinski definition) is 0. The van der Waals surface area contributed by atoms with E-state index < -0.39 is 5.92 Å². The molecule has 0 atom stereocenters. The van der Waals surface area contributed by atoms with Gasteiger partial charge in [-0.25, -0.2) is 8.78 Å². The third kappa shape index (κ3) is 6.85. The highest BCUT2D eigenvalue weighted by Crippen LogP contribution is 2.54. The zero-order valence-electron chi connectivity index (χ0n) is 27.0. The van der Waals surface area contributed by atoms with Crippen molar-refractivity contribution in [2.45, 2.75) is 77.6 Å². The molecule has 0 amide bonds. The lowest BCUT2D eigenvalue weighted by Gasteiger charge is -2.17. The van der Waals surface area contributed by atoms with E-state index in [4.69, 9.17) is 17.5 Å². The Kier molecular flexibility index (Phi) is 10.0. The fraction of sp³-hybridized carbons (Fsp3) is 0.316. The van der Waals surface area contributed by atoms with E-state index in [1.54, 1.807) is 40.9 Å². The zero-order valence-corrected chi connectivity index (χ0v) is 30.2. The molecule has 0 radical (unpaired) electrons. The first kappa shape index (κ1) is 33.1. The van der Waals surface area contributed by atoms with E-state index in [0.29, 0.717) is 6.42 Å². The van der Waals surface area contributed by atoms with Gasteiger partial charge in [0.2, 0.25) is 0 Å². The van der Waals surface area contributed by atoms with Gasteiger partial charge in [0.15, 0.2) is 0 Å². The van der Waals surface area contributed by atoms with Gasteiger partial charge >= 0.3 is 0 Å². The number of hydrogen-bond acceptors (Lipinski definition) is 7. The monoisotopic (exact) mass is 714 g/mol. The van der Waals surface area contributed by atoms with Gasteiger partial charge in [0.1, 0.15) is 22.4 Å². The highest BCUT2D eigenvalue weighted by molar-refractivity contribution is 7.58. The first-order valence-electron chi connectivity index (χ1n) is 16.6. The molecule has 0 aliphatic carbocycles. The van der Waals surface area contributed by atoms with Crippen LogP contribution in [0, 0.1) is 6.92 Å². The Hall–Kier alpha value is -3.44. The fourth-order valence-corrected chi connectivity index (χ4v) is 9.52. The number of nitrogens with zero attached hydrogens (tertiary/aromatic N) is 4. The van der Waals surface area contributed by atoms with Gasteiger partial charge in [-0.3, -0.25) is 0 Å². The number of fused-ring (bicyclic) bond motifs is 2. The average Bonchev–Trinajstić information content (AvgIpc) is 3.92. The van der Waals surface area contributed by atoms with Gasteiger partial charge in [0.05, 0.1) is 23.1 Å².